The maximum atomic E-state index is 5.45. The van der Waals surface area contributed by atoms with Crippen molar-refractivity contribution in [3.05, 3.63) is 29.8 Å². The van der Waals surface area contributed by atoms with E-state index in [1.54, 1.807) is 7.11 Å². The summed E-state index contributed by atoms with van der Waals surface area (Å²) in [5, 5.41) is 3.42. The summed E-state index contributed by atoms with van der Waals surface area (Å²) in [4.78, 5) is 1.31. The van der Waals surface area contributed by atoms with Crippen LogP contribution in [0, 0.1) is 0 Å². The van der Waals surface area contributed by atoms with E-state index < -0.39 is 0 Å². The summed E-state index contributed by atoms with van der Waals surface area (Å²) in [7, 11) is 1.69. The van der Waals surface area contributed by atoms with Crippen LogP contribution in [0.3, 0.4) is 0 Å². The van der Waals surface area contributed by atoms with Crippen LogP contribution in [0.5, 0.6) is 0 Å². The molecule has 0 bridgehead atoms. The van der Waals surface area contributed by atoms with Gasteiger partial charge in [0.25, 0.3) is 0 Å². The number of hydrogen-bond donors (Lipinski definition) is 1. The summed E-state index contributed by atoms with van der Waals surface area (Å²) in [6, 6.07) is 8.70. The Labute approximate surface area is 121 Å². The summed E-state index contributed by atoms with van der Waals surface area (Å²) in [5.74, 6) is 0.982. The highest BCUT2D eigenvalue weighted by Crippen LogP contribution is 2.18. The number of rotatable bonds is 11. The van der Waals surface area contributed by atoms with E-state index in [0.29, 0.717) is 13.2 Å². The molecule has 0 atom stereocenters. The van der Waals surface area contributed by atoms with Crippen molar-refractivity contribution in [1.29, 1.82) is 0 Å². The fourth-order valence-corrected chi connectivity index (χ4v) is 2.46. The first-order chi connectivity index (χ1) is 9.36. The number of methoxy groups -OCH3 is 1. The van der Waals surface area contributed by atoms with Gasteiger partial charge in [-0.1, -0.05) is 19.1 Å². The van der Waals surface area contributed by atoms with Crippen LogP contribution in [0.1, 0.15) is 18.9 Å². The standard InChI is InChI=1S/C15H25NO2S/c1-3-7-16-13-14-5-4-6-15(12-14)19-11-10-18-9-8-17-2/h4-6,12,16H,3,7-11,13H2,1-2H3. The third kappa shape index (κ3) is 8.26. The Bertz CT molecular complexity index is 334. The van der Waals surface area contributed by atoms with Crippen LogP contribution < -0.4 is 5.32 Å². The molecule has 0 aliphatic carbocycles. The molecule has 0 spiro atoms. The molecule has 0 amide bonds. The van der Waals surface area contributed by atoms with E-state index in [2.05, 4.69) is 36.5 Å². The molecule has 0 heterocycles. The molecule has 0 aliphatic heterocycles. The number of ether oxygens (including phenoxy) is 2. The number of thioether (sulfide) groups is 1. The Hall–Kier alpha value is -0.550. The summed E-state index contributed by atoms with van der Waals surface area (Å²) in [5.41, 5.74) is 1.35. The van der Waals surface area contributed by atoms with Crippen LogP contribution in [0.2, 0.25) is 0 Å². The third-order valence-electron chi connectivity index (χ3n) is 2.58. The zero-order chi connectivity index (χ0) is 13.8. The number of nitrogens with one attached hydrogen (secondary N) is 1. The van der Waals surface area contributed by atoms with Gasteiger partial charge in [0.1, 0.15) is 0 Å². The SMILES string of the molecule is CCCNCc1cccc(SCCOCCOC)c1. The third-order valence-corrected chi connectivity index (χ3v) is 3.54. The second-order valence-corrected chi connectivity index (χ2v) is 5.45. The van der Waals surface area contributed by atoms with E-state index in [-0.39, 0.29) is 0 Å². The quantitative estimate of drug-likeness (QED) is 0.500. The van der Waals surface area contributed by atoms with E-state index in [9.17, 15) is 0 Å². The first-order valence-corrected chi connectivity index (χ1v) is 7.84. The van der Waals surface area contributed by atoms with Crippen molar-refractivity contribution < 1.29 is 9.47 Å². The van der Waals surface area contributed by atoms with Gasteiger partial charge in [-0.2, -0.15) is 0 Å². The lowest BCUT2D eigenvalue weighted by Gasteiger charge is -2.07. The molecule has 108 valence electrons. The highest BCUT2D eigenvalue weighted by atomic mass is 32.2. The Morgan fingerprint density at radius 3 is 2.89 bits per heavy atom. The van der Waals surface area contributed by atoms with Crippen LogP contribution in [-0.2, 0) is 16.0 Å². The smallest absolute Gasteiger partial charge is 0.0700 e. The van der Waals surface area contributed by atoms with Gasteiger partial charge in [-0.3, -0.25) is 0 Å². The van der Waals surface area contributed by atoms with Crippen LogP contribution in [0.15, 0.2) is 29.2 Å². The highest BCUT2D eigenvalue weighted by molar-refractivity contribution is 7.99. The van der Waals surface area contributed by atoms with Crippen molar-refractivity contribution in [1.82, 2.24) is 5.32 Å². The maximum absolute atomic E-state index is 5.45. The van der Waals surface area contributed by atoms with Gasteiger partial charge in [0, 0.05) is 24.3 Å². The molecule has 1 aromatic rings. The van der Waals surface area contributed by atoms with E-state index in [1.807, 2.05) is 11.8 Å². The lowest BCUT2D eigenvalue weighted by atomic mass is 10.2. The first kappa shape index (κ1) is 16.5. The average molecular weight is 283 g/mol. The summed E-state index contributed by atoms with van der Waals surface area (Å²) in [6.45, 7) is 6.33. The van der Waals surface area contributed by atoms with Crippen molar-refractivity contribution in [3.63, 3.8) is 0 Å². The lowest BCUT2D eigenvalue weighted by Crippen LogP contribution is -2.13. The molecule has 3 nitrogen and oxygen atoms in total. The first-order valence-electron chi connectivity index (χ1n) is 6.86. The topological polar surface area (TPSA) is 30.5 Å². The summed E-state index contributed by atoms with van der Waals surface area (Å²) < 4.78 is 10.4. The minimum atomic E-state index is 0.670. The normalized spacial score (nSPS) is 10.8. The average Bonchev–Trinajstić information content (AvgIpc) is 2.43. The molecular formula is C15H25NO2S. The molecule has 0 saturated carbocycles. The van der Waals surface area contributed by atoms with E-state index in [0.717, 1.165) is 25.4 Å². The molecule has 0 radical (unpaired) electrons. The Morgan fingerprint density at radius 2 is 2.11 bits per heavy atom. The van der Waals surface area contributed by atoms with Gasteiger partial charge < -0.3 is 14.8 Å². The minimum absolute atomic E-state index is 0.670. The molecule has 4 heteroatoms. The number of benzene rings is 1. The van der Waals surface area contributed by atoms with Crippen LogP contribution in [0.4, 0.5) is 0 Å². The van der Waals surface area contributed by atoms with E-state index in [4.69, 9.17) is 9.47 Å². The van der Waals surface area contributed by atoms with E-state index in [1.165, 1.54) is 16.9 Å². The van der Waals surface area contributed by atoms with Gasteiger partial charge in [0.2, 0.25) is 0 Å². The van der Waals surface area contributed by atoms with E-state index >= 15 is 0 Å². The Morgan fingerprint density at radius 1 is 1.21 bits per heavy atom. The molecule has 0 fully saturated rings. The summed E-state index contributed by atoms with van der Waals surface area (Å²) in [6.07, 6.45) is 1.17. The van der Waals surface area contributed by atoms with Crippen molar-refractivity contribution in [3.8, 4) is 0 Å². The van der Waals surface area contributed by atoms with Crippen LogP contribution in [-0.4, -0.2) is 39.2 Å². The zero-order valence-electron chi connectivity index (χ0n) is 12.0. The van der Waals surface area contributed by atoms with Crippen molar-refractivity contribution in [2.75, 3.05) is 39.2 Å². The van der Waals surface area contributed by atoms with Gasteiger partial charge in [-0.25, -0.2) is 0 Å². The molecule has 0 saturated heterocycles. The lowest BCUT2D eigenvalue weighted by molar-refractivity contribution is 0.0790. The molecule has 0 unspecified atom stereocenters. The van der Waals surface area contributed by atoms with Crippen LogP contribution >= 0.6 is 11.8 Å². The Kier molecular flexibility index (Phi) is 9.81. The second-order valence-electron chi connectivity index (χ2n) is 4.28. The fraction of sp³-hybridized carbons (Fsp3) is 0.600. The van der Waals surface area contributed by atoms with Gasteiger partial charge in [0.15, 0.2) is 0 Å². The summed E-state index contributed by atoms with van der Waals surface area (Å²) >= 11 is 1.84. The largest absolute Gasteiger partial charge is 0.382 e. The predicted octanol–water partition coefficient (Wildman–Crippen LogP) is 2.94. The molecule has 0 aromatic heterocycles. The molecule has 19 heavy (non-hydrogen) atoms. The molecule has 1 N–H and O–H groups in total. The second kappa shape index (κ2) is 11.3. The predicted molar refractivity (Wildman–Crippen MR) is 81.9 cm³/mol. The van der Waals surface area contributed by atoms with Crippen molar-refractivity contribution in [2.24, 2.45) is 0 Å². The van der Waals surface area contributed by atoms with Crippen molar-refractivity contribution in [2.45, 2.75) is 24.8 Å². The monoisotopic (exact) mass is 283 g/mol. The number of hydrogen-bond acceptors (Lipinski definition) is 4. The molecule has 1 rings (SSSR count). The minimum Gasteiger partial charge on any atom is -0.382 e. The van der Waals surface area contributed by atoms with Gasteiger partial charge >= 0.3 is 0 Å². The molecule has 1 aromatic carbocycles. The Balaban J connectivity index is 2.20. The van der Waals surface area contributed by atoms with Crippen LogP contribution in [0.25, 0.3) is 0 Å². The fourth-order valence-electron chi connectivity index (χ4n) is 1.62. The van der Waals surface area contributed by atoms with Gasteiger partial charge in [-0.15, -0.1) is 11.8 Å². The molecule has 0 aliphatic rings. The van der Waals surface area contributed by atoms with Crippen molar-refractivity contribution >= 4 is 11.8 Å². The molecular weight excluding hydrogens is 258 g/mol. The van der Waals surface area contributed by atoms with Gasteiger partial charge in [-0.05, 0) is 30.7 Å². The maximum Gasteiger partial charge on any atom is 0.0700 e. The highest BCUT2D eigenvalue weighted by Gasteiger charge is 1.97. The zero-order valence-corrected chi connectivity index (χ0v) is 12.8. The van der Waals surface area contributed by atoms with Gasteiger partial charge in [0.05, 0.1) is 19.8 Å².